The Morgan fingerprint density at radius 1 is 0.929 bits per heavy atom. The third kappa shape index (κ3) is 2.62. The van der Waals surface area contributed by atoms with Crippen molar-refractivity contribution in [1.82, 2.24) is 5.32 Å². The second-order valence-electron chi connectivity index (χ2n) is 4.54. The van der Waals surface area contributed by atoms with Crippen molar-refractivity contribution in [2.24, 2.45) is 5.92 Å². The predicted octanol–water partition coefficient (Wildman–Crippen LogP) is 2.86. The highest BCUT2D eigenvalue weighted by atomic mass is 19.4. The summed E-state index contributed by atoms with van der Waals surface area (Å²) in [6.45, 7) is 0. The average Bonchev–Trinajstić information content (AvgIpc) is 2.87. The molecule has 14 heavy (non-hydrogen) atoms. The van der Waals surface area contributed by atoms with Crippen LogP contribution < -0.4 is 5.32 Å². The standard InChI is InChI=1S/C10H16F3N/c11-10(12,13)7-2-1-3-9(6-7)14-8-4-5-8/h7-9,14H,1-6H2. The zero-order valence-corrected chi connectivity index (χ0v) is 8.11. The Balaban J connectivity index is 1.83. The molecule has 2 atom stereocenters. The molecule has 2 saturated carbocycles. The molecule has 2 fully saturated rings. The SMILES string of the molecule is FC(F)(F)C1CCCC(NC2CC2)C1. The molecule has 0 amide bonds. The molecule has 0 aromatic heterocycles. The first-order valence-corrected chi connectivity index (χ1v) is 5.38. The summed E-state index contributed by atoms with van der Waals surface area (Å²) in [5.41, 5.74) is 0. The van der Waals surface area contributed by atoms with Gasteiger partial charge in [-0.15, -0.1) is 0 Å². The van der Waals surface area contributed by atoms with Gasteiger partial charge in [0, 0.05) is 12.1 Å². The van der Waals surface area contributed by atoms with Gasteiger partial charge in [-0.25, -0.2) is 0 Å². The summed E-state index contributed by atoms with van der Waals surface area (Å²) in [6, 6.07) is 0.634. The van der Waals surface area contributed by atoms with Gasteiger partial charge in [-0.3, -0.25) is 0 Å². The Labute approximate surface area is 82.1 Å². The highest BCUT2D eigenvalue weighted by Crippen LogP contribution is 2.38. The Hall–Kier alpha value is -0.250. The maximum absolute atomic E-state index is 12.4. The first kappa shape index (κ1) is 10.3. The molecule has 82 valence electrons. The fraction of sp³-hybridized carbons (Fsp3) is 1.00. The number of rotatable bonds is 2. The van der Waals surface area contributed by atoms with E-state index in [4.69, 9.17) is 0 Å². The van der Waals surface area contributed by atoms with Crippen molar-refractivity contribution in [1.29, 1.82) is 0 Å². The summed E-state index contributed by atoms with van der Waals surface area (Å²) >= 11 is 0. The van der Waals surface area contributed by atoms with Crippen LogP contribution in [0.3, 0.4) is 0 Å². The van der Waals surface area contributed by atoms with E-state index in [1.807, 2.05) is 0 Å². The van der Waals surface area contributed by atoms with Gasteiger partial charge in [-0.2, -0.15) is 13.2 Å². The molecule has 0 heterocycles. The van der Waals surface area contributed by atoms with Gasteiger partial charge in [-0.1, -0.05) is 6.42 Å². The van der Waals surface area contributed by atoms with Crippen LogP contribution in [0, 0.1) is 5.92 Å². The van der Waals surface area contributed by atoms with Gasteiger partial charge in [0.1, 0.15) is 0 Å². The van der Waals surface area contributed by atoms with Crippen LogP contribution in [-0.2, 0) is 0 Å². The molecule has 0 aromatic rings. The Bertz CT molecular complexity index is 198. The maximum atomic E-state index is 12.4. The van der Waals surface area contributed by atoms with Crippen LogP contribution in [0.2, 0.25) is 0 Å². The zero-order chi connectivity index (χ0) is 10.2. The van der Waals surface area contributed by atoms with Crippen LogP contribution in [-0.4, -0.2) is 18.3 Å². The van der Waals surface area contributed by atoms with Crippen molar-refractivity contribution in [3.8, 4) is 0 Å². The summed E-state index contributed by atoms with van der Waals surface area (Å²) < 4.78 is 37.3. The molecule has 0 aromatic carbocycles. The van der Waals surface area contributed by atoms with Gasteiger partial charge in [0.15, 0.2) is 0 Å². The van der Waals surface area contributed by atoms with E-state index in [2.05, 4.69) is 5.32 Å². The van der Waals surface area contributed by atoms with Crippen molar-refractivity contribution >= 4 is 0 Å². The van der Waals surface area contributed by atoms with Crippen LogP contribution in [0.25, 0.3) is 0 Å². The van der Waals surface area contributed by atoms with Crippen molar-refractivity contribution in [3.63, 3.8) is 0 Å². The molecule has 2 rings (SSSR count). The topological polar surface area (TPSA) is 12.0 Å². The molecule has 0 aliphatic heterocycles. The molecule has 0 radical (unpaired) electrons. The lowest BCUT2D eigenvalue weighted by Gasteiger charge is -2.31. The van der Waals surface area contributed by atoms with E-state index >= 15 is 0 Å². The second kappa shape index (κ2) is 3.72. The second-order valence-corrected chi connectivity index (χ2v) is 4.54. The number of nitrogens with one attached hydrogen (secondary N) is 1. The van der Waals surface area contributed by atoms with Crippen molar-refractivity contribution in [2.75, 3.05) is 0 Å². The third-order valence-corrected chi connectivity index (χ3v) is 3.19. The lowest BCUT2D eigenvalue weighted by atomic mass is 9.85. The summed E-state index contributed by atoms with van der Waals surface area (Å²) in [5, 5.41) is 3.29. The van der Waals surface area contributed by atoms with E-state index in [9.17, 15) is 13.2 Å². The van der Waals surface area contributed by atoms with Gasteiger partial charge in [-0.05, 0) is 32.1 Å². The lowest BCUT2D eigenvalue weighted by Crippen LogP contribution is -2.39. The van der Waals surface area contributed by atoms with Crippen LogP contribution in [0.4, 0.5) is 13.2 Å². The van der Waals surface area contributed by atoms with Crippen molar-refractivity contribution in [2.45, 2.75) is 56.8 Å². The van der Waals surface area contributed by atoms with Gasteiger partial charge in [0.05, 0.1) is 5.92 Å². The minimum atomic E-state index is -3.98. The minimum absolute atomic E-state index is 0.114. The van der Waals surface area contributed by atoms with E-state index in [1.165, 1.54) is 0 Å². The summed E-state index contributed by atoms with van der Waals surface area (Å²) in [6.07, 6.45) is 0.564. The van der Waals surface area contributed by atoms with E-state index in [-0.39, 0.29) is 6.04 Å². The van der Waals surface area contributed by atoms with E-state index < -0.39 is 12.1 Å². The maximum Gasteiger partial charge on any atom is 0.391 e. The number of alkyl halides is 3. The monoisotopic (exact) mass is 207 g/mol. The summed E-state index contributed by atoms with van der Waals surface area (Å²) in [4.78, 5) is 0. The molecular formula is C10H16F3N. The van der Waals surface area contributed by atoms with E-state index in [1.54, 1.807) is 0 Å². The zero-order valence-electron chi connectivity index (χ0n) is 8.11. The van der Waals surface area contributed by atoms with Crippen LogP contribution in [0.15, 0.2) is 0 Å². The Kier molecular flexibility index (Phi) is 2.73. The first-order chi connectivity index (χ1) is 6.55. The van der Waals surface area contributed by atoms with Crippen LogP contribution in [0.1, 0.15) is 38.5 Å². The quantitative estimate of drug-likeness (QED) is 0.734. The molecule has 2 aliphatic carbocycles. The Morgan fingerprint density at radius 3 is 2.21 bits per heavy atom. The molecule has 0 saturated heterocycles. The highest BCUT2D eigenvalue weighted by Gasteiger charge is 2.42. The fourth-order valence-electron chi connectivity index (χ4n) is 2.22. The molecule has 2 aliphatic rings. The average molecular weight is 207 g/mol. The lowest BCUT2D eigenvalue weighted by molar-refractivity contribution is -0.183. The summed E-state index contributed by atoms with van der Waals surface area (Å²) in [5.74, 6) is -1.06. The molecule has 1 nitrogen and oxygen atoms in total. The van der Waals surface area contributed by atoms with E-state index in [0.29, 0.717) is 25.3 Å². The fourth-order valence-corrected chi connectivity index (χ4v) is 2.22. The molecule has 2 unspecified atom stereocenters. The van der Waals surface area contributed by atoms with Gasteiger partial charge >= 0.3 is 6.18 Å². The van der Waals surface area contributed by atoms with E-state index in [0.717, 1.165) is 19.3 Å². The molecule has 4 heteroatoms. The first-order valence-electron chi connectivity index (χ1n) is 5.38. The molecule has 0 spiro atoms. The van der Waals surface area contributed by atoms with Crippen LogP contribution >= 0.6 is 0 Å². The van der Waals surface area contributed by atoms with Gasteiger partial charge in [0.2, 0.25) is 0 Å². The Morgan fingerprint density at radius 2 is 1.64 bits per heavy atom. The van der Waals surface area contributed by atoms with Crippen LogP contribution in [0.5, 0.6) is 0 Å². The molecule has 1 N–H and O–H groups in total. The minimum Gasteiger partial charge on any atom is -0.311 e. The van der Waals surface area contributed by atoms with Gasteiger partial charge < -0.3 is 5.32 Å². The van der Waals surface area contributed by atoms with Crippen molar-refractivity contribution < 1.29 is 13.2 Å². The number of hydrogen-bond donors (Lipinski definition) is 1. The number of hydrogen-bond acceptors (Lipinski definition) is 1. The van der Waals surface area contributed by atoms with Crippen molar-refractivity contribution in [3.05, 3.63) is 0 Å². The summed E-state index contributed by atoms with van der Waals surface area (Å²) in [7, 11) is 0. The highest BCUT2D eigenvalue weighted by molar-refractivity contribution is 4.88. The normalized spacial score (nSPS) is 34.5. The molecular weight excluding hydrogens is 191 g/mol. The predicted molar refractivity (Wildman–Crippen MR) is 48.0 cm³/mol. The largest absolute Gasteiger partial charge is 0.391 e. The third-order valence-electron chi connectivity index (χ3n) is 3.19. The molecule has 0 bridgehead atoms. The van der Waals surface area contributed by atoms with Gasteiger partial charge in [0.25, 0.3) is 0 Å². The smallest absolute Gasteiger partial charge is 0.311 e. The number of halogens is 3.